The quantitative estimate of drug-likeness (QED) is 0.536. The normalized spacial score (nSPS) is 12.8. The van der Waals surface area contributed by atoms with Crippen LogP contribution in [0.2, 0.25) is 0 Å². The predicted octanol–water partition coefficient (Wildman–Crippen LogP) is 4.47. The number of carboxylic acid groups (broad SMARTS) is 2. The van der Waals surface area contributed by atoms with Gasteiger partial charge in [-0.25, -0.2) is 14.7 Å². The van der Waals surface area contributed by atoms with Gasteiger partial charge in [-0.2, -0.15) is 13.2 Å². The fourth-order valence-corrected chi connectivity index (χ4v) is 3.29. The Labute approximate surface area is 179 Å². The summed E-state index contributed by atoms with van der Waals surface area (Å²) in [5, 5.41) is 25.6. The summed E-state index contributed by atoms with van der Waals surface area (Å²) >= 11 is 0. The van der Waals surface area contributed by atoms with Crippen LogP contribution < -0.4 is 4.74 Å². The van der Waals surface area contributed by atoms with Crippen LogP contribution in [0.1, 0.15) is 34.5 Å². The van der Waals surface area contributed by atoms with Crippen LogP contribution in [-0.4, -0.2) is 43.7 Å². The monoisotopic (exact) mass is 449 g/mol. The number of hydrogen-bond donors (Lipinski definition) is 3. The van der Waals surface area contributed by atoms with Gasteiger partial charge in [-0.1, -0.05) is 40.6 Å². The highest BCUT2D eigenvalue weighted by molar-refractivity contribution is 5.87. The van der Waals surface area contributed by atoms with E-state index in [4.69, 9.17) is 19.7 Å². The van der Waals surface area contributed by atoms with Gasteiger partial charge in [-0.3, -0.25) is 0 Å². The number of aryl methyl sites for hydroxylation is 1. The molecule has 0 aliphatic heterocycles. The molecule has 8 nitrogen and oxygen atoms in total. The molecule has 3 N–H and O–H groups in total. The van der Waals surface area contributed by atoms with Crippen molar-refractivity contribution < 1.29 is 37.7 Å². The standard InChI is InChI=1S/C19H17N3O3.C2HF3O2/c23-19(24)17-18(21-22-20-17)25-14-10-8-13(9-11-14)16-7-3-5-12-4-1-2-6-15(12)16;3-2(4,5)1(6)7/h3,5,7-11H,1-2,4,6H2,(H,23,24)(H,20,21,22);(H,6,7). The van der Waals surface area contributed by atoms with E-state index in [-0.39, 0.29) is 11.6 Å². The van der Waals surface area contributed by atoms with E-state index < -0.39 is 18.1 Å². The van der Waals surface area contributed by atoms with Crippen molar-refractivity contribution in [3.8, 4) is 22.8 Å². The van der Waals surface area contributed by atoms with Crippen LogP contribution in [0, 0.1) is 0 Å². The number of ether oxygens (including phenoxy) is 1. The number of alkyl halides is 3. The van der Waals surface area contributed by atoms with Gasteiger partial charge in [0.25, 0.3) is 5.88 Å². The van der Waals surface area contributed by atoms with E-state index in [0.29, 0.717) is 5.75 Å². The van der Waals surface area contributed by atoms with Crippen LogP contribution >= 0.6 is 0 Å². The van der Waals surface area contributed by atoms with Crippen molar-refractivity contribution in [2.24, 2.45) is 0 Å². The molecule has 1 aliphatic carbocycles. The summed E-state index contributed by atoms with van der Waals surface area (Å²) in [5.41, 5.74) is 5.10. The van der Waals surface area contributed by atoms with E-state index in [1.807, 2.05) is 24.3 Å². The SMILES string of the molecule is O=C(O)C(F)(F)F.O=C(O)c1[nH]nnc1Oc1ccc(-c2cccc3c2CCCC3)cc1. The van der Waals surface area contributed by atoms with Gasteiger partial charge in [0, 0.05) is 0 Å². The summed E-state index contributed by atoms with van der Waals surface area (Å²) in [7, 11) is 0. The third kappa shape index (κ3) is 5.42. The van der Waals surface area contributed by atoms with Crippen molar-refractivity contribution >= 4 is 11.9 Å². The van der Waals surface area contributed by atoms with Crippen LogP contribution in [-0.2, 0) is 17.6 Å². The number of aliphatic carboxylic acids is 1. The number of nitrogens with one attached hydrogen (secondary N) is 1. The third-order valence-corrected chi connectivity index (χ3v) is 4.75. The van der Waals surface area contributed by atoms with Crippen LogP contribution in [0.15, 0.2) is 42.5 Å². The molecule has 0 atom stereocenters. The number of nitrogens with zero attached hydrogens (tertiary/aromatic N) is 2. The predicted molar refractivity (Wildman–Crippen MR) is 106 cm³/mol. The maximum absolute atomic E-state index is 11.1. The van der Waals surface area contributed by atoms with Crippen molar-refractivity contribution in [1.82, 2.24) is 15.4 Å². The number of halogens is 3. The zero-order valence-corrected chi connectivity index (χ0v) is 16.5. The van der Waals surface area contributed by atoms with Crippen molar-refractivity contribution in [2.75, 3.05) is 0 Å². The topological polar surface area (TPSA) is 125 Å². The second-order valence-electron chi connectivity index (χ2n) is 6.88. The Hall–Kier alpha value is -3.89. The first kappa shape index (κ1) is 22.8. The first-order valence-electron chi connectivity index (χ1n) is 9.50. The van der Waals surface area contributed by atoms with Crippen LogP contribution in [0.5, 0.6) is 11.6 Å². The zero-order chi connectivity index (χ0) is 23.3. The number of hydrogen-bond acceptors (Lipinski definition) is 5. The maximum atomic E-state index is 11.1. The molecule has 32 heavy (non-hydrogen) atoms. The number of aromatic amines is 1. The highest BCUT2D eigenvalue weighted by Crippen LogP contribution is 2.33. The molecule has 1 heterocycles. The molecule has 0 unspecified atom stereocenters. The van der Waals surface area contributed by atoms with Crippen LogP contribution in [0.3, 0.4) is 0 Å². The van der Waals surface area contributed by atoms with E-state index >= 15 is 0 Å². The van der Waals surface area contributed by atoms with Gasteiger partial charge < -0.3 is 14.9 Å². The molecule has 0 radical (unpaired) electrons. The minimum Gasteiger partial charge on any atom is -0.476 e. The number of aromatic carboxylic acids is 1. The molecule has 3 aromatic rings. The van der Waals surface area contributed by atoms with E-state index in [1.54, 1.807) is 0 Å². The molecule has 0 saturated carbocycles. The van der Waals surface area contributed by atoms with Crippen molar-refractivity contribution in [2.45, 2.75) is 31.9 Å². The fraction of sp³-hybridized carbons (Fsp3) is 0.238. The highest BCUT2D eigenvalue weighted by Gasteiger charge is 2.38. The number of benzene rings is 2. The summed E-state index contributed by atoms with van der Waals surface area (Å²) in [6, 6.07) is 14.1. The first-order chi connectivity index (χ1) is 15.2. The Morgan fingerprint density at radius 1 is 1.00 bits per heavy atom. The Morgan fingerprint density at radius 2 is 1.66 bits per heavy atom. The molecule has 1 aromatic heterocycles. The van der Waals surface area contributed by atoms with E-state index in [1.165, 1.54) is 29.5 Å². The van der Waals surface area contributed by atoms with Gasteiger partial charge in [0.2, 0.25) is 5.69 Å². The molecule has 0 fully saturated rings. The molecule has 0 bridgehead atoms. The number of fused-ring (bicyclic) bond motifs is 1. The van der Waals surface area contributed by atoms with Crippen LogP contribution in [0.4, 0.5) is 13.2 Å². The second-order valence-corrected chi connectivity index (χ2v) is 6.88. The number of carbonyl (C=O) groups is 2. The molecule has 4 rings (SSSR count). The average Bonchev–Trinajstić information content (AvgIpc) is 3.22. The second kappa shape index (κ2) is 9.50. The lowest BCUT2D eigenvalue weighted by Gasteiger charge is -2.19. The highest BCUT2D eigenvalue weighted by atomic mass is 19.4. The maximum Gasteiger partial charge on any atom is 0.490 e. The van der Waals surface area contributed by atoms with Gasteiger partial charge in [0.1, 0.15) is 5.75 Å². The van der Waals surface area contributed by atoms with Gasteiger partial charge >= 0.3 is 18.1 Å². The van der Waals surface area contributed by atoms with Crippen molar-refractivity contribution in [3.63, 3.8) is 0 Å². The summed E-state index contributed by atoms with van der Waals surface area (Å²) < 4.78 is 37.3. The van der Waals surface area contributed by atoms with Gasteiger partial charge in [-0.15, -0.1) is 0 Å². The van der Waals surface area contributed by atoms with Crippen LogP contribution in [0.25, 0.3) is 11.1 Å². The number of aromatic nitrogens is 3. The lowest BCUT2D eigenvalue weighted by atomic mass is 9.86. The molecule has 2 aromatic carbocycles. The first-order valence-corrected chi connectivity index (χ1v) is 9.50. The molecule has 1 aliphatic rings. The van der Waals surface area contributed by atoms with Crippen molar-refractivity contribution in [1.29, 1.82) is 0 Å². The molecule has 0 spiro atoms. The Balaban J connectivity index is 0.000000360. The molecule has 0 saturated heterocycles. The minimum absolute atomic E-state index is 0.0441. The minimum atomic E-state index is -5.08. The average molecular weight is 449 g/mol. The van der Waals surface area contributed by atoms with E-state index in [2.05, 4.69) is 33.6 Å². The van der Waals surface area contributed by atoms with Gasteiger partial charge in [0.15, 0.2) is 0 Å². The van der Waals surface area contributed by atoms with Gasteiger partial charge in [-0.05, 0) is 60.1 Å². The molecule has 11 heteroatoms. The molecule has 168 valence electrons. The smallest absolute Gasteiger partial charge is 0.476 e. The summed E-state index contributed by atoms with van der Waals surface area (Å²) in [6.45, 7) is 0. The third-order valence-electron chi connectivity index (χ3n) is 4.75. The van der Waals surface area contributed by atoms with E-state index in [0.717, 1.165) is 18.4 Å². The van der Waals surface area contributed by atoms with Gasteiger partial charge in [0.05, 0.1) is 0 Å². The number of rotatable bonds is 4. The number of carboxylic acids is 2. The lowest BCUT2D eigenvalue weighted by Crippen LogP contribution is -2.21. The summed E-state index contributed by atoms with van der Waals surface area (Å²) in [4.78, 5) is 20.0. The molecular weight excluding hydrogens is 431 g/mol. The lowest BCUT2D eigenvalue weighted by molar-refractivity contribution is -0.192. The van der Waals surface area contributed by atoms with Crippen molar-refractivity contribution in [3.05, 3.63) is 59.3 Å². The largest absolute Gasteiger partial charge is 0.490 e. The Bertz CT molecular complexity index is 1110. The van der Waals surface area contributed by atoms with E-state index in [9.17, 15) is 18.0 Å². The summed E-state index contributed by atoms with van der Waals surface area (Å²) in [6.07, 6.45) is -0.332. The Morgan fingerprint density at radius 3 is 2.28 bits per heavy atom. The molecule has 0 amide bonds. The summed E-state index contributed by atoms with van der Waals surface area (Å²) in [5.74, 6) is -3.44. The Kier molecular flexibility index (Phi) is 6.76. The molecular formula is C21H18F3N3O5. The zero-order valence-electron chi connectivity index (χ0n) is 16.5. The fourth-order valence-electron chi connectivity index (χ4n) is 3.29. The number of H-pyrrole nitrogens is 1.